The Balaban J connectivity index is 2.96. The Morgan fingerprint density at radius 2 is 2.42 bits per heavy atom. The topological polar surface area (TPSA) is 68.8 Å². The molecular weight excluding hydrogens is 156 g/mol. The van der Waals surface area contributed by atoms with E-state index in [0.717, 1.165) is 0 Å². The van der Waals surface area contributed by atoms with Gasteiger partial charge in [0.15, 0.2) is 0 Å². The first-order valence-electron chi connectivity index (χ1n) is 3.39. The number of carbonyl (C=O) groups excluding carboxylic acids is 1. The van der Waals surface area contributed by atoms with Crippen molar-refractivity contribution in [1.82, 2.24) is 4.57 Å². The van der Waals surface area contributed by atoms with Crippen molar-refractivity contribution in [1.29, 1.82) is 5.26 Å². The summed E-state index contributed by atoms with van der Waals surface area (Å²) in [6, 6.07) is 5.13. The van der Waals surface area contributed by atoms with Gasteiger partial charge in [0.05, 0.1) is 0 Å². The number of nitriles is 1. The normalized spacial score (nSPS) is 9.33. The van der Waals surface area contributed by atoms with Crippen molar-refractivity contribution < 1.29 is 9.90 Å². The fourth-order valence-electron chi connectivity index (χ4n) is 0.991. The van der Waals surface area contributed by atoms with Crippen LogP contribution in [0.2, 0.25) is 0 Å². The molecule has 0 aromatic carbocycles. The summed E-state index contributed by atoms with van der Waals surface area (Å²) in [5.41, 5.74) is 1.03. The molecule has 0 radical (unpaired) electrons. The first-order chi connectivity index (χ1) is 5.65. The van der Waals surface area contributed by atoms with E-state index in [2.05, 4.69) is 0 Å². The molecule has 0 N–H and O–H groups in total. The van der Waals surface area contributed by atoms with Crippen molar-refractivity contribution in [2.75, 3.05) is 0 Å². The molecule has 1 aromatic heterocycles. The zero-order valence-electron chi connectivity index (χ0n) is 6.57. The van der Waals surface area contributed by atoms with Crippen LogP contribution < -0.4 is 5.11 Å². The van der Waals surface area contributed by atoms with Crippen LogP contribution in [0.15, 0.2) is 12.1 Å². The largest absolute Gasteiger partial charge is 0.550 e. The quantitative estimate of drug-likeness (QED) is 0.572. The number of aromatic nitrogens is 1. The SMILES string of the molecule is Cn1c(C#N)ccc1CC(=O)[O-]. The van der Waals surface area contributed by atoms with Crippen molar-refractivity contribution in [2.45, 2.75) is 6.42 Å². The van der Waals surface area contributed by atoms with Gasteiger partial charge in [0.25, 0.3) is 0 Å². The molecule has 1 heterocycles. The predicted molar refractivity (Wildman–Crippen MR) is 38.8 cm³/mol. The van der Waals surface area contributed by atoms with E-state index in [1.807, 2.05) is 6.07 Å². The molecule has 0 aliphatic heterocycles. The third-order valence-corrected chi connectivity index (χ3v) is 1.67. The van der Waals surface area contributed by atoms with Gasteiger partial charge >= 0.3 is 0 Å². The van der Waals surface area contributed by atoms with E-state index in [0.29, 0.717) is 11.4 Å². The van der Waals surface area contributed by atoms with Gasteiger partial charge in [-0.25, -0.2) is 0 Å². The van der Waals surface area contributed by atoms with Gasteiger partial charge in [-0.1, -0.05) is 0 Å². The van der Waals surface area contributed by atoms with Gasteiger partial charge in [-0.15, -0.1) is 0 Å². The molecule has 62 valence electrons. The van der Waals surface area contributed by atoms with E-state index in [1.54, 1.807) is 19.2 Å². The molecule has 0 saturated carbocycles. The third kappa shape index (κ3) is 1.45. The first kappa shape index (κ1) is 8.34. The lowest BCUT2D eigenvalue weighted by Crippen LogP contribution is -2.25. The van der Waals surface area contributed by atoms with Gasteiger partial charge in [-0.3, -0.25) is 0 Å². The van der Waals surface area contributed by atoms with E-state index in [-0.39, 0.29) is 6.42 Å². The molecule has 1 rings (SSSR count). The Morgan fingerprint density at radius 1 is 1.75 bits per heavy atom. The number of nitrogens with zero attached hydrogens (tertiary/aromatic N) is 2. The monoisotopic (exact) mass is 163 g/mol. The number of carboxylic acids is 1. The molecule has 0 unspecified atom stereocenters. The van der Waals surface area contributed by atoms with Crippen LogP contribution in [-0.4, -0.2) is 10.5 Å². The van der Waals surface area contributed by atoms with Crippen LogP contribution in [0.3, 0.4) is 0 Å². The van der Waals surface area contributed by atoms with Crippen molar-refractivity contribution >= 4 is 5.97 Å². The maximum absolute atomic E-state index is 10.2. The smallest absolute Gasteiger partial charge is 0.120 e. The van der Waals surface area contributed by atoms with Gasteiger partial charge in [-0.2, -0.15) is 5.26 Å². The van der Waals surface area contributed by atoms with E-state index >= 15 is 0 Å². The second-order valence-corrected chi connectivity index (χ2v) is 2.43. The molecule has 4 nitrogen and oxygen atoms in total. The van der Waals surface area contributed by atoms with Gasteiger partial charge in [0, 0.05) is 25.1 Å². The highest BCUT2D eigenvalue weighted by Crippen LogP contribution is 2.05. The second kappa shape index (κ2) is 3.09. The van der Waals surface area contributed by atoms with Crippen LogP contribution in [0.1, 0.15) is 11.4 Å². The molecule has 0 bridgehead atoms. The third-order valence-electron chi connectivity index (χ3n) is 1.67. The summed E-state index contributed by atoms with van der Waals surface area (Å²) in [4.78, 5) is 10.2. The van der Waals surface area contributed by atoms with Crippen molar-refractivity contribution in [2.24, 2.45) is 7.05 Å². The van der Waals surface area contributed by atoms with Gasteiger partial charge in [0.1, 0.15) is 11.8 Å². The Labute approximate surface area is 69.7 Å². The van der Waals surface area contributed by atoms with E-state index in [9.17, 15) is 9.90 Å². The number of hydrogen-bond acceptors (Lipinski definition) is 3. The molecule has 0 spiro atoms. The Morgan fingerprint density at radius 3 is 2.83 bits per heavy atom. The van der Waals surface area contributed by atoms with Crippen LogP contribution >= 0.6 is 0 Å². The van der Waals surface area contributed by atoms with E-state index in [1.165, 1.54) is 4.57 Å². The van der Waals surface area contributed by atoms with E-state index < -0.39 is 5.97 Å². The summed E-state index contributed by atoms with van der Waals surface area (Å²) in [7, 11) is 1.65. The summed E-state index contributed by atoms with van der Waals surface area (Å²) < 4.78 is 1.54. The maximum Gasteiger partial charge on any atom is 0.120 e. The zero-order chi connectivity index (χ0) is 9.14. The van der Waals surface area contributed by atoms with Crippen molar-refractivity contribution in [3.05, 3.63) is 23.5 Å². The zero-order valence-corrected chi connectivity index (χ0v) is 6.57. The number of aliphatic carboxylic acids is 1. The number of rotatable bonds is 2. The summed E-state index contributed by atoms with van der Waals surface area (Å²) in [5.74, 6) is -1.14. The molecule has 4 heteroatoms. The number of carbonyl (C=O) groups is 1. The lowest BCUT2D eigenvalue weighted by atomic mass is 10.3. The Kier molecular flexibility index (Phi) is 2.15. The molecule has 1 aromatic rings. The highest BCUT2D eigenvalue weighted by molar-refractivity contribution is 5.67. The minimum Gasteiger partial charge on any atom is -0.550 e. The van der Waals surface area contributed by atoms with Crippen molar-refractivity contribution in [3.8, 4) is 6.07 Å². The molecule has 0 saturated heterocycles. The van der Waals surface area contributed by atoms with Crippen LogP contribution in [0, 0.1) is 11.3 Å². The molecule has 0 atom stereocenters. The number of carboxylic acid groups (broad SMARTS) is 1. The minimum atomic E-state index is -1.14. The minimum absolute atomic E-state index is 0.155. The predicted octanol–water partition coefficient (Wildman–Crippen LogP) is -0.811. The van der Waals surface area contributed by atoms with E-state index in [4.69, 9.17) is 5.26 Å². The summed E-state index contributed by atoms with van der Waals surface area (Å²) in [6.07, 6.45) is -0.155. The van der Waals surface area contributed by atoms with Gasteiger partial charge in [0.2, 0.25) is 0 Å². The highest BCUT2D eigenvalue weighted by atomic mass is 16.4. The molecule has 12 heavy (non-hydrogen) atoms. The maximum atomic E-state index is 10.2. The lowest BCUT2D eigenvalue weighted by molar-refractivity contribution is -0.304. The standard InChI is InChI=1S/C8H8N2O2/c1-10-6(4-8(11)12)2-3-7(10)5-9/h2-3H,4H2,1H3,(H,11,12)/p-1. The average Bonchev–Trinajstić information content (AvgIpc) is 2.32. The lowest BCUT2D eigenvalue weighted by Gasteiger charge is -2.03. The fourth-order valence-corrected chi connectivity index (χ4v) is 0.991. The Bertz CT molecular complexity index is 346. The fraction of sp³-hybridized carbons (Fsp3) is 0.250. The second-order valence-electron chi connectivity index (χ2n) is 2.43. The number of hydrogen-bond donors (Lipinski definition) is 0. The molecule has 0 amide bonds. The van der Waals surface area contributed by atoms with Gasteiger partial charge < -0.3 is 14.5 Å². The summed E-state index contributed by atoms with van der Waals surface area (Å²) >= 11 is 0. The highest BCUT2D eigenvalue weighted by Gasteiger charge is 2.02. The molecule has 0 fully saturated rings. The molecule has 0 aliphatic rings. The van der Waals surface area contributed by atoms with Crippen LogP contribution in [0.5, 0.6) is 0 Å². The van der Waals surface area contributed by atoms with Crippen LogP contribution in [0.25, 0.3) is 0 Å². The van der Waals surface area contributed by atoms with Crippen molar-refractivity contribution in [3.63, 3.8) is 0 Å². The van der Waals surface area contributed by atoms with Crippen LogP contribution in [0.4, 0.5) is 0 Å². The van der Waals surface area contributed by atoms with Crippen LogP contribution in [-0.2, 0) is 18.3 Å². The first-order valence-corrected chi connectivity index (χ1v) is 3.39. The average molecular weight is 163 g/mol. The summed E-state index contributed by atoms with van der Waals surface area (Å²) in [6.45, 7) is 0. The summed E-state index contributed by atoms with van der Waals surface area (Å²) in [5, 5.41) is 18.7. The molecule has 0 aliphatic carbocycles. The Hall–Kier alpha value is -1.76. The molecular formula is C8H7N2O2-. The van der Waals surface area contributed by atoms with Gasteiger partial charge in [-0.05, 0) is 12.1 Å².